The van der Waals surface area contributed by atoms with Crippen LogP contribution in [0.1, 0.15) is 34.3 Å². The van der Waals surface area contributed by atoms with Crippen LogP contribution in [0.3, 0.4) is 0 Å². The fourth-order valence-corrected chi connectivity index (χ4v) is 2.70. The molecule has 154 valence electrons. The Hall–Kier alpha value is -3.09. The highest BCUT2D eigenvalue weighted by Crippen LogP contribution is 2.29. The molecule has 1 fully saturated rings. The van der Waals surface area contributed by atoms with Crippen molar-refractivity contribution in [3.63, 3.8) is 0 Å². The van der Waals surface area contributed by atoms with E-state index < -0.39 is 0 Å². The largest absolute Gasteiger partial charge is 0.477 e. The standard InChI is InChI=1S/C22H29N5O2/c1-23-22(25-12-16-6-9-19(10-7-16)21(28)27(2)3)26-14-18-8-11-20(24-13-18)29-15-17-4-5-17/h6-11,13,17H,4-5,12,14-15H2,1-3H3,(H2,23,25,26). The molecular weight excluding hydrogens is 366 g/mol. The Morgan fingerprint density at radius 1 is 1.10 bits per heavy atom. The Bertz CT molecular complexity index is 827. The van der Waals surface area contributed by atoms with E-state index in [1.807, 2.05) is 42.6 Å². The lowest BCUT2D eigenvalue weighted by Crippen LogP contribution is -2.36. The first-order valence-electron chi connectivity index (χ1n) is 9.88. The Balaban J connectivity index is 1.43. The summed E-state index contributed by atoms with van der Waals surface area (Å²) in [5.74, 6) is 2.10. The lowest BCUT2D eigenvalue weighted by atomic mass is 10.1. The molecule has 1 amide bonds. The maximum atomic E-state index is 11.9. The number of benzene rings is 1. The minimum atomic E-state index is -0.000414. The highest BCUT2D eigenvalue weighted by Gasteiger charge is 2.22. The van der Waals surface area contributed by atoms with Gasteiger partial charge in [0.15, 0.2) is 5.96 Å². The van der Waals surface area contributed by atoms with Gasteiger partial charge in [-0.3, -0.25) is 9.79 Å². The molecule has 1 saturated carbocycles. The van der Waals surface area contributed by atoms with E-state index in [0.717, 1.165) is 23.7 Å². The number of aromatic nitrogens is 1. The van der Waals surface area contributed by atoms with Crippen molar-refractivity contribution in [2.45, 2.75) is 25.9 Å². The van der Waals surface area contributed by atoms with E-state index in [-0.39, 0.29) is 5.91 Å². The monoisotopic (exact) mass is 395 g/mol. The zero-order valence-corrected chi connectivity index (χ0v) is 17.3. The van der Waals surface area contributed by atoms with Crippen LogP contribution in [0.5, 0.6) is 5.88 Å². The predicted molar refractivity (Wildman–Crippen MR) is 114 cm³/mol. The van der Waals surface area contributed by atoms with Crippen molar-refractivity contribution < 1.29 is 9.53 Å². The van der Waals surface area contributed by atoms with Gasteiger partial charge in [-0.1, -0.05) is 18.2 Å². The van der Waals surface area contributed by atoms with E-state index in [9.17, 15) is 4.79 Å². The molecule has 7 nitrogen and oxygen atoms in total. The highest BCUT2D eigenvalue weighted by molar-refractivity contribution is 5.93. The van der Waals surface area contributed by atoms with Crippen LogP contribution in [-0.2, 0) is 13.1 Å². The van der Waals surface area contributed by atoms with Crippen molar-refractivity contribution in [3.8, 4) is 5.88 Å². The SMILES string of the molecule is CN=C(NCc1ccc(C(=O)N(C)C)cc1)NCc1ccc(OCC2CC2)nc1. The highest BCUT2D eigenvalue weighted by atomic mass is 16.5. The van der Waals surface area contributed by atoms with Gasteiger partial charge in [0.05, 0.1) is 6.61 Å². The summed E-state index contributed by atoms with van der Waals surface area (Å²) < 4.78 is 5.66. The van der Waals surface area contributed by atoms with Gasteiger partial charge in [-0.25, -0.2) is 4.98 Å². The van der Waals surface area contributed by atoms with Crippen molar-refractivity contribution in [2.24, 2.45) is 10.9 Å². The second-order valence-corrected chi connectivity index (χ2v) is 7.43. The molecule has 0 saturated heterocycles. The number of guanidine groups is 1. The zero-order valence-electron chi connectivity index (χ0n) is 17.3. The van der Waals surface area contributed by atoms with E-state index in [1.54, 1.807) is 26.0 Å². The minimum absolute atomic E-state index is 0.000414. The summed E-state index contributed by atoms with van der Waals surface area (Å²) >= 11 is 0. The van der Waals surface area contributed by atoms with Crippen LogP contribution in [0.25, 0.3) is 0 Å². The van der Waals surface area contributed by atoms with Gasteiger partial charge in [-0.2, -0.15) is 0 Å². The lowest BCUT2D eigenvalue weighted by molar-refractivity contribution is 0.0827. The molecule has 2 aromatic rings. The van der Waals surface area contributed by atoms with Crippen molar-refractivity contribution in [1.82, 2.24) is 20.5 Å². The summed E-state index contributed by atoms with van der Waals surface area (Å²) in [5, 5.41) is 6.55. The van der Waals surface area contributed by atoms with Gasteiger partial charge in [0.25, 0.3) is 5.91 Å². The summed E-state index contributed by atoms with van der Waals surface area (Å²) in [4.78, 5) is 22.1. The summed E-state index contributed by atoms with van der Waals surface area (Å²) in [6.45, 7) is 2.00. The normalized spacial score (nSPS) is 13.7. The zero-order chi connectivity index (χ0) is 20.6. The topological polar surface area (TPSA) is 78.9 Å². The van der Waals surface area contributed by atoms with E-state index in [1.165, 1.54) is 12.8 Å². The molecule has 1 heterocycles. The van der Waals surface area contributed by atoms with Crippen LogP contribution in [-0.4, -0.2) is 49.5 Å². The second-order valence-electron chi connectivity index (χ2n) is 7.43. The summed E-state index contributed by atoms with van der Waals surface area (Å²) in [6, 6.07) is 11.5. The molecule has 0 unspecified atom stereocenters. The van der Waals surface area contributed by atoms with E-state index in [4.69, 9.17) is 4.74 Å². The van der Waals surface area contributed by atoms with Gasteiger partial charge in [0, 0.05) is 52.1 Å². The van der Waals surface area contributed by atoms with Crippen molar-refractivity contribution in [2.75, 3.05) is 27.7 Å². The molecular formula is C22H29N5O2. The average Bonchev–Trinajstić information content (AvgIpc) is 3.57. The Morgan fingerprint density at radius 2 is 1.76 bits per heavy atom. The van der Waals surface area contributed by atoms with Crippen molar-refractivity contribution >= 4 is 11.9 Å². The molecule has 29 heavy (non-hydrogen) atoms. The molecule has 1 aliphatic carbocycles. The molecule has 1 aromatic heterocycles. The van der Waals surface area contributed by atoms with Gasteiger partial charge in [0.2, 0.25) is 5.88 Å². The number of ether oxygens (including phenoxy) is 1. The number of carbonyl (C=O) groups excluding carboxylic acids is 1. The third kappa shape index (κ3) is 6.48. The van der Waals surface area contributed by atoms with Crippen molar-refractivity contribution in [1.29, 1.82) is 0 Å². The first kappa shape index (κ1) is 20.6. The number of rotatable bonds is 8. The number of nitrogens with zero attached hydrogens (tertiary/aromatic N) is 3. The van der Waals surface area contributed by atoms with Crippen LogP contribution in [0.15, 0.2) is 47.6 Å². The predicted octanol–water partition coefficient (Wildman–Crippen LogP) is 2.44. The second kappa shape index (κ2) is 9.91. The van der Waals surface area contributed by atoms with Gasteiger partial charge < -0.3 is 20.3 Å². The van der Waals surface area contributed by atoms with Crippen LogP contribution < -0.4 is 15.4 Å². The van der Waals surface area contributed by atoms with E-state index >= 15 is 0 Å². The maximum absolute atomic E-state index is 11.9. The third-order valence-electron chi connectivity index (χ3n) is 4.71. The third-order valence-corrected chi connectivity index (χ3v) is 4.71. The molecule has 1 aliphatic rings. The van der Waals surface area contributed by atoms with Gasteiger partial charge in [0.1, 0.15) is 0 Å². The number of hydrogen-bond donors (Lipinski definition) is 2. The molecule has 0 radical (unpaired) electrons. The van der Waals surface area contributed by atoms with Crippen LogP contribution in [0.4, 0.5) is 0 Å². The van der Waals surface area contributed by atoms with Crippen LogP contribution in [0.2, 0.25) is 0 Å². The summed E-state index contributed by atoms with van der Waals surface area (Å²) in [5.41, 5.74) is 2.80. The summed E-state index contributed by atoms with van der Waals surface area (Å²) in [6.07, 6.45) is 4.36. The molecule has 1 aromatic carbocycles. The van der Waals surface area contributed by atoms with Crippen LogP contribution >= 0.6 is 0 Å². The Kier molecular flexibility index (Phi) is 7.05. The number of pyridine rings is 1. The Labute approximate surface area is 172 Å². The average molecular weight is 396 g/mol. The molecule has 3 rings (SSSR count). The smallest absolute Gasteiger partial charge is 0.253 e. The fraction of sp³-hybridized carbons (Fsp3) is 0.409. The molecule has 7 heteroatoms. The van der Waals surface area contributed by atoms with Crippen molar-refractivity contribution in [3.05, 3.63) is 59.3 Å². The van der Waals surface area contributed by atoms with E-state index in [0.29, 0.717) is 30.5 Å². The number of hydrogen-bond acceptors (Lipinski definition) is 4. The first-order valence-corrected chi connectivity index (χ1v) is 9.88. The first-order chi connectivity index (χ1) is 14.0. The molecule has 0 aliphatic heterocycles. The summed E-state index contributed by atoms with van der Waals surface area (Å²) in [7, 11) is 5.23. The molecule has 0 bridgehead atoms. The quantitative estimate of drug-likeness (QED) is 0.530. The van der Waals surface area contributed by atoms with E-state index in [2.05, 4.69) is 20.6 Å². The van der Waals surface area contributed by atoms with Crippen LogP contribution in [0, 0.1) is 5.92 Å². The number of carbonyl (C=O) groups is 1. The fourth-order valence-electron chi connectivity index (χ4n) is 2.70. The van der Waals surface area contributed by atoms with Gasteiger partial charge in [-0.15, -0.1) is 0 Å². The molecule has 0 spiro atoms. The number of aliphatic imine (C=N–C) groups is 1. The maximum Gasteiger partial charge on any atom is 0.253 e. The lowest BCUT2D eigenvalue weighted by Gasteiger charge is -2.13. The minimum Gasteiger partial charge on any atom is -0.477 e. The number of amides is 1. The van der Waals surface area contributed by atoms with Gasteiger partial charge in [-0.05, 0) is 42.0 Å². The molecule has 2 N–H and O–H groups in total. The van der Waals surface area contributed by atoms with Gasteiger partial charge >= 0.3 is 0 Å². The number of nitrogens with one attached hydrogen (secondary N) is 2. The Morgan fingerprint density at radius 3 is 2.31 bits per heavy atom. The molecule has 0 atom stereocenters.